The summed E-state index contributed by atoms with van der Waals surface area (Å²) < 4.78 is 16.3. The second-order valence-electron chi connectivity index (χ2n) is 4.40. The van der Waals surface area contributed by atoms with Crippen LogP contribution in [0.3, 0.4) is 0 Å². The highest BCUT2D eigenvalue weighted by Crippen LogP contribution is 2.36. The lowest BCUT2D eigenvalue weighted by molar-refractivity contribution is 0.377. The van der Waals surface area contributed by atoms with Gasteiger partial charge >= 0.3 is 7.60 Å². The Balaban J connectivity index is 0.000000956. The molecule has 0 saturated carbocycles. The highest BCUT2D eigenvalue weighted by atomic mass is 32.1. The summed E-state index contributed by atoms with van der Waals surface area (Å²) in [7, 11) is -2.83. The van der Waals surface area contributed by atoms with E-state index in [9.17, 15) is 4.57 Å². The maximum atomic E-state index is 11.1. The average molecular weight is 318 g/mol. The summed E-state index contributed by atoms with van der Waals surface area (Å²) in [5.41, 5.74) is 6.57. The van der Waals surface area contributed by atoms with Gasteiger partial charge in [-0.1, -0.05) is 13.8 Å². The van der Waals surface area contributed by atoms with E-state index < -0.39 is 7.60 Å². The van der Waals surface area contributed by atoms with E-state index in [0.29, 0.717) is 17.4 Å². The van der Waals surface area contributed by atoms with Crippen molar-refractivity contribution in [3.05, 3.63) is 22.5 Å². The molecule has 0 aliphatic rings. The number of hydrogen-bond acceptors (Lipinski definition) is 5. The maximum absolute atomic E-state index is 11.1. The van der Waals surface area contributed by atoms with Crippen molar-refractivity contribution in [2.45, 2.75) is 20.3 Å². The van der Waals surface area contributed by atoms with Crippen molar-refractivity contribution < 1.29 is 18.8 Å². The smallest absolute Gasteiger partial charge is 0.391 e. The molecule has 4 N–H and O–H groups in total. The number of aromatic nitrogens is 1. The first-order chi connectivity index (χ1) is 9.38. The Morgan fingerprint density at radius 1 is 1.40 bits per heavy atom. The van der Waals surface area contributed by atoms with Gasteiger partial charge in [-0.05, 0) is 31.5 Å². The first-order valence-electron chi connectivity index (χ1n) is 6.04. The standard InChI is InChI=1S/C11H14NO4PS.CH5N/c1-7(2)5-9-11(12-6-18-9)8-3-4-10(16-8)17(13,14)15;1-2/h3-4,6-7H,5H2,1-2H3,(H2,13,14,15);2H2,1H3. The fourth-order valence-electron chi connectivity index (χ4n) is 1.60. The van der Waals surface area contributed by atoms with Crippen molar-refractivity contribution in [1.29, 1.82) is 0 Å². The molecule has 0 unspecified atom stereocenters. The average Bonchev–Trinajstić information content (AvgIpc) is 2.97. The van der Waals surface area contributed by atoms with Gasteiger partial charge in [-0.3, -0.25) is 4.57 Å². The number of nitrogens with zero attached hydrogens (tertiary/aromatic N) is 1. The molecule has 0 fully saturated rings. The highest BCUT2D eigenvalue weighted by Gasteiger charge is 2.23. The number of nitrogens with two attached hydrogens (primary N) is 1. The predicted molar refractivity (Wildman–Crippen MR) is 80.1 cm³/mol. The molecule has 112 valence electrons. The van der Waals surface area contributed by atoms with Crippen LogP contribution in [0, 0.1) is 5.92 Å². The summed E-state index contributed by atoms with van der Waals surface area (Å²) >= 11 is 1.52. The van der Waals surface area contributed by atoms with Crippen LogP contribution in [0.4, 0.5) is 0 Å². The molecule has 0 amide bonds. The molecule has 2 heterocycles. The second kappa shape index (κ2) is 7.15. The summed E-state index contributed by atoms with van der Waals surface area (Å²) in [6.07, 6.45) is 0.867. The Bertz CT molecular complexity index is 588. The minimum absolute atomic E-state index is 0.319. The van der Waals surface area contributed by atoms with Crippen molar-refractivity contribution in [2.75, 3.05) is 7.05 Å². The van der Waals surface area contributed by atoms with Gasteiger partial charge in [-0.25, -0.2) is 4.98 Å². The zero-order chi connectivity index (χ0) is 15.3. The van der Waals surface area contributed by atoms with Crippen LogP contribution in [-0.2, 0) is 11.0 Å². The van der Waals surface area contributed by atoms with E-state index in [1.807, 2.05) is 0 Å². The van der Waals surface area contributed by atoms with Crippen LogP contribution >= 0.6 is 18.9 Å². The predicted octanol–water partition coefficient (Wildman–Crippen LogP) is 1.98. The quantitative estimate of drug-likeness (QED) is 0.744. The Labute approximate surface area is 121 Å². The molecule has 0 spiro atoms. The van der Waals surface area contributed by atoms with Gasteiger partial charge in [0.2, 0.25) is 5.50 Å². The van der Waals surface area contributed by atoms with Crippen LogP contribution in [0.1, 0.15) is 18.7 Å². The van der Waals surface area contributed by atoms with Gasteiger partial charge in [0.15, 0.2) is 5.76 Å². The van der Waals surface area contributed by atoms with Crippen LogP contribution in [0.2, 0.25) is 0 Å². The number of rotatable bonds is 4. The third-order valence-electron chi connectivity index (χ3n) is 2.35. The van der Waals surface area contributed by atoms with Crippen LogP contribution in [0.15, 0.2) is 22.1 Å². The first-order valence-corrected chi connectivity index (χ1v) is 8.53. The van der Waals surface area contributed by atoms with E-state index in [4.69, 9.17) is 14.2 Å². The topological polar surface area (TPSA) is 110 Å². The summed E-state index contributed by atoms with van der Waals surface area (Å²) in [6.45, 7) is 4.21. The molecule has 2 rings (SSSR count). The van der Waals surface area contributed by atoms with Crippen molar-refractivity contribution in [3.63, 3.8) is 0 Å². The molecule has 0 atom stereocenters. The Morgan fingerprint density at radius 3 is 2.55 bits per heavy atom. The minimum atomic E-state index is -4.33. The molecule has 20 heavy (non-hydrogen) atoms. The van der Waals surface area contributed by atoms with Gasteiger partial charge < -0.3 is 19.9 Å². The number of thiazole rings is 1. The van der Waals surface area contributed by atoms with Gasteiger partial charge in [0.05, 0.1) is 5.51 Å². The Hall–Kier alpha value is -0.980. The largest absolute Gasteiger partial charge is 0.446 e. The molecule has 0 radical (unpaired) electrons. The molecule has 8 heteroatoms. The maximum Gasteiger partial charge on any atom is 0.391 e. The second-order valence-corrected chi connectivity index (χ2v) is 6.87. The Morgan fingerprint density at radius 2 is 2.05 bits per heavy atom. The van der Waals surface area contributed by atoms with Crippen LogP contribution in [-0.4, -0.2) is 21.8 Å². The molecule has 0 saturated heterocycles. The van der Waals surface area contributed by atoms with Crippen LogP contribution in [0.5, 0.6) is 0 Å². The minimum Gasteiger partial charge on any atom is -0.446 e. The molecule has 0 aromatic carbocycles. The third kappa shape index (κ3) is 4.26. The van der Waals surface area contributed by atoms with E-state index in [2.05, 4.69) is 24.6 Å². The molecule has 2 aromatic heterocycles. The highest BCUT2D eigenvalue weighted by molar-refractivity contribution is 7.59. The van der Waals surface area contributed by atoms with Crippen LogP contribution < -0.4 is 11.2 Å². The Kier molecular flexibility index (Phi) is 6.10. The van der Waals surface area contributed by atoms with E-state index in [0.717, 1.165) is 11.3 Å². The van der Waals surface area contributed by atoms with E-state index in [-0.39, 0.29) is 5.50 Å². The number of hydrogen-bond donors (Lipinski definition) is 3. The van der Waals surface area contributed by atoms with Gasteiger partial charge in [-0.15, -0.1) is 11.3 Å². The SMILES string of the molecule is CC(C)Cc1scnc1-c1ccc(P(=O)(O)O)o1.CN. The van der Waals surface area contributed by atoms with Crippen molar-refractivity contribution in [3.8, 4) is 11.5 Å². The molecule has 6 nitrogen and oxygen atoms in total. The van der Waals surface area contributed by atoms with Gasteiger partial charge in [0.1, 0.15) is 5.69 Å². The lowest BCUT2D eigenvalue weighted by Crippen LogP contribution is -1.98. The fraction of sp³-hybridized carbons (Fsp3) is 0.417. The zero-order valence-electron chi connectivity index (χ0n) is 11.6. The van der Waals surface area contributed by atoms with Crippen LogP contribution in [0.25, 0.3) is 11.5 Å². The molecule has 0 aliphatic heterocycles. The summed E-state index contributed by atoms with van der Waals surface area (Å²) in [4.78, 5) is 23.3. The van der Waals surface area contributed by atoms with Crippen molar-refractivity contribution >= 4 is 24.4 Å². The fourth-order valence-corrected chi connectivity index (χ4v) is 3.06. The zero-order valence-corrected chi connectivity index (χ0v) is 13.3. The molecular formula is C12H19N2O4PS. The molecular weight excluding hydrogens is 299 g/mol. The molecule has 0 aliphatic carbocycles. The molecule has 2 aromatic rings. The van der Waals surface area contributed by atoms with Crippen molar-refractivity contribution in [1.82, 2.24) is 4.98 Å². The lowest BCUT2D eigenvalue weighted by Gasteiger charge is -2.03. The van der Waals surface area contributed by atoms with E-state index >= 15 is 0 Å². The number of furan rings is 1. The van der Waals surface area contributed by atoms with Gasteiger partial charge in [-0.2, -0.15) is 0 Å². The summed E-state index contributed by atoms with van der Waals surface area (Å²) in [5, 5.41) is 0. The summed E-state index contributed by atoms with van der Waals surface area (Å²) in [5.74, 6) is 0.894. The first kappa shape index (κ1) is 17.1. The summed E-state index contributed by atoms with van der Waals surface area (Å²) in [6, 6.07) is 2.85. The monoisotopic (exact) mass is 318 g/mol. The van der Waals surface area contributed by atoms with E-state index in [1.165, 1.54) is 24.5 Å². The van der Waals surface area contributed by atoms with Gasteiger partial charge in [0.25, 0.3) is 0 Å². The van der Waals surface area contributed by atoms with Crippen molar-refractivity contribution in [2.24, 2.45) is 11.7 Å². The van der Waals surface area contributed by atoms with Gasteiger partial charge in [0, 0.05) is 4.88 Å². The lowest BCUT2D eigenvalue weighted by atomic mass is 10.1. The van der Waals surface area contributed by atoms with E-state index in [1.54, 1.807) is 11.6 Å². The molecule has 0 bridgehead atoms. The third-order valence-corrected chi connectivity index (χ3v) is 4.02. The normalized spacial score (nSPS) is 11.3.